The van der Waals surface area contributed by atoms with Crippen molar-refractivity contribution in [2.45, 2.75) is 38.6 Å². The Kier molecular flexibility index (Phi) is 10.0. The van der Waals surface area contributed by atoms with Crippen molar-refractivity contribution in [3.63, 3.8) is 0 Å². The third-order valence-corrected chi connectivity index (χ3v) is 8.72. The SMILES string of the molecule is CCc1c(C(=O)N2CCOc3ccc(-c4ccc(C(=O)NCCN(CC)CC)cc4)cc3C2)ccc(S(C)(=O)=O)c1F. The summed E-state index contributed by atoms with van der Waals surface area (Å²) in [4.78, 5) is 29.6. The van der Waals surface area contributed by atoms with Gasteiger partial charge < -0.3 is 19.9 Å². The van der Waals surface area contributed by atoms with Gasteiger partial charge in [0.05, 0.1) is 6.54 Å². The van der Waals surface area contributed by atoms with E-state index in [0.29, 0.717) is 24.4 Å². The van der Waals surface area contributed by atoms with E-state index in [4.69, 9.17) is 4.74 Å². The molecule has 0 saturated carbocycles. The van der Waals surface area contributed by atoms with Crippen molar-refractivity contribution in [2.24, 2.45) is 0 Å². The second kappa shape index (κ2) is 13.5. The fourth-order valence-electron chi connectivity index (χ4n) is 5.13. The van der Waals surface area contributed by atoms with Crippen LogP contribution >= 0.6 is 0 Å². The quantitative estimate of drug-likeness (QED) is 0.369. The molecule has 42 heavy (non-hydrogen) atoms. The smallest absolute Gasteiger partial charge is 0.254 e. The van der Waals surface area contributed by atoms with Crippen LogP contribution in [0.2, 0.25) is 0 Å². The fraction of sp³-hybridized carbons (Fsp3) is 0.375. The van der Waals surface area contributed by atoms with Crippen LogP contribution in [0.1, 0.15) is 52.6 Å². The Morgan fingerprint density at radius 2 is 1.69 bits per heavy atom. The van der Waals surface area contributed by atoms with Gasteiger partial charge in [-0.1, -0.05) is 39.0 Å². The molecular weight excluding hydrogens is 557 g/mol. The molecule has 0 aromatic heterocycles. The third kappa shape index (κ3) is 6.99. The van der Waals surface area contributed by atoms with Crippen LogP contribution in [0.3, 0.4) is 0 Å². The van der Waals surface area contributed by atoms with E-state index in [9.17, 15) is 18.0 Å². The third-order valence-electron chi connectivity index (χ3n) is 7.61. The molecule has 3 aromatic rings. The van der Waals surface area contributed by atoms with Crippen LogP contribution in [0, 0.1) is 5.82 Å². The lowest BCUT2D eigenvalue weighted by Crippen LogP contribution is -2.34. The molecule has 0 atom stereocenters. The maximum Gasteiger partial charge on any atom is 0.254 e. The number of hydrogen-bond donors (Lipinski definition) is 1. The Morgan fingerprint density at radius 3 is 2.33 bits per heavy atom. The van der Waals surface area contributed by atoms with Gasteiger partial charge in [0.1, 0.15) is 23.1 Å². The molecule has 0 unspecified atom stereocenters. The first kappa shape index (κ1) is 31.2. The molecule has 3 aromatic carbocycles. The molecule has 1 heterocycles. The summed E-state index contributed by atoms with van der Waals surface area (Å²) in [6.45, 7) is 9.94. The standard InChI is InChI=1S/C32H38FN3O5S/c1-5-26-27(13-15-29(30(26)33)42(4,39)40)32(38)36-18-19-41-28-14-12-24(20-25(28)21-36)22-8-10-23(11-9-22)31(37)34-16-17-35(6-2)7-3/h8-15,20H,5-7,16-19,21H2,1-4H3,(H,34,37). The van der Waals surface area contributed by atoms with Gasteiger partial charge in [-0.15, -0.1) is 0 Å². The number of benzene rings is 3. The zero-order valence-corrected chi connectivity index (χ0v) is 25.4. The molecule has 0 aliphatic carbocycles. The Balaban J connectivity index is 1.52. The Hall–Kier alpha value is -3.76. The highest BCUT2D eigenvalue weighted by Crippen LogP contribution is 2.31. The number of nitrogens with one attached hydrogen (secondary N) is 1. The number of hydrogen-bond acceptors (Lipinski definition) is 6. The zero-order valence-electron chi connectivity index (χ0n) is 24.6. The molecule has 0 fully saturated rings. The number of nitrogens with zero attached hydrogens (tertiary/aromatic N) is 2. The van der Waals surface area contributed by atoms with Gasteiger partial charge in [-0.2, -0.15) is 0 Å². The Bertz CT molecular complexity index is 1550. The van der Waals surface area contributed by atoms with Crippen LogP contribution in [-0.2, 0) is 22.8 Å². The maximum absolute atomic E-state index is 15.1. The van der Waals surface area contributed by atoms with Crippen molar-refractivity contribution in [3.05, 3.63) is 82.7 Å². The minimum absolute atomic E-state index is 0.0826. The second-order valence-corrected chi connectivity index (χ2v) is 12.3. The van der Waals surface area contributed by atoms with E-state index in [-0.39, 0.29) is 42.5 Å². The van der Waals surface area contributed by atoms with E-state index in [1.807, 2.05) is 30.3 Å². The highest BCUT2D eigenvalue weighted by atomic mass is 32.2. The predicted molar refractivity (Wildman–Crippen MR) is 161 cm³/mol. The van der Waals surface area contributed by atoms with Crippen molar-refractivity contribution in [1.29, 1.82) is 0 Å². The summed E-state index contributed by atoms with van der Waals surface area (Å²) in [6, 6.07) is 15.7. The molecule has 0 bridgehead atoms. The molecule has 0 spiro atoms. The van der Waals surface area contributed by atoms with Crippen molar-refractivity contribution < 1.29 is 27.1 Å². The number of carbonyl (C=O) groups is 2. The number of amides is 2. The summed E-state index contributed by atoms with van der Waals surface area (Å²) in [5.74, 6) is -0.720. The highest BCUT2D eigenvalue weighted by Gasteiger charge is 2.27. The molecule has 8 nitrogen and oxygen atoms in total. The van der Waals surface area contributed by atoms with Gasteiger partial charge in [0, 0.05) is 48.1 Å². The molecule has 10 heteroatoms. The zero-order chi connectivity index (χ0) is 30.4. The van der Waals surface area contributed by atoms with Gasteiger partial charge in [-0.05, 0) is 67.0 Å². The van der Waals surface area contributed by atoms with Crippen molar-refractivity contribution in [2.75, 3.05) is 45.6 Å². The van der Waals surface area contributed by atoms with E-state index in [2.05, 4.69) is 24.1 Å². The van der Waals surface area contributed by atoms with Gasteiger partial charge in [0.15, 0.2) is 9.84 Å². The minimum Gasteiger partial charge on any atom is -0.491 e. The number of sulfone groups is 1. The molecule has 1 aliphatic rings. The van der Waals surface area contributed by atoms with Gasteiger partial charge in [-0.3, -0.25) is 9.59 Å². The molecule has 1 N–H and O–H groups in total. The minimum atomic E-state index is -3.77. The van der Waals surface area contributed by atoms with Gasteiger partial charge in [-0.25, -0.2) is 12.8 Å². The summed E-state index contributed by atoms with van der Waals surface area (Å²) in [5, 5.41) is 2.97. The summed E-state index contributed by atoms with van der Waals surface area (Å²) >= 11 is 0. The molecule has 4 rings (SSSR count). The lowest BCUT2D eigenvalue weighted by Gasteiger charge is -2.22. The van der Waals surface area contributed by atoms with Gasteiger partial charge in [0.2, 0.25) is 0 Å². The summed E-state index contributed by atoms with van der Waals surface area (Å²) in [6.07, 6.45) is 1.12. The number of carbonyl (C=O) groups excluding carboxylic acids is 2. The van der Waals surface area contributed by atoms with E-state index in [0.717, 1.165) is 48.6 Å². The second-order valence-electron chi connectivity index (χ2n) is 10.3. The number of likely N-dealkylation sites (N-methyl/N-ethyl adjacent to an activating group) is 1. The van der Waals surface area contributed by atoms with Crippen molar-refractivity contribution >= 4 is 21.7 Å². The number of ether oxygens (including phenoxy) is 1. The van der Waals surface area contributed by atoms with Crippen molar-refractivity contribution in [3.8, 4) is 16.9 Å². The number of fused-ring (bicyclic) bond motifs is 1. The van der Waals surface area contributed by atoms with Crippen LogP contribution in [0.4, 0.5) is 4.39 Å². The lowest BCUT2D eigenvalue weighted by atomic mass is 10.00. The number of rotatable bonds is 10. The van der Waals surface area contributed by atoms with E-state index in [1.54, 1.807) is 24.0 Å². The normalized spacial score (nSPS) is 13.3. The molecule has 224 valence electrons. The van der Waals surface area contributed by atoms with Gasteiger partial charge in [0.25, 0.3) is 11.8 Å². The van der Waals surface area contributed by atoms with Crippen molar-refractivity contribution in [1.82, 2.24) is 15.1 Å². The van der Waals surface area contributed by atoms with E-state index in [1.165, 1.54) is 6.07 Å². The largest absolute Gasteiger partial charge is 0.491 e. The summed E-state index contributed by atoms with van der Waals surface area (Å²) in [7, 11) is -3.77. The van der Waals surface area contributed by atoms with Crippen LogP contribution in [0.5, 0.6) is 5.75 Å². The predicted octanol–water partition coefficient (Wildman–Crippen LogP) is 4.57. The molecule has 0 saturated heterocycles. The summed E-state index contributed by atoms with van der Waals surface area (Å²) in [5.41, 5.74) is 3.41. The number of halogens is 1. The van der Waals surface area contributed by atoms with E-state index < -0.39 is 20.5 Å². The Labute approximate surface area is 247 Å². The summed E-state index contributed by atoms with van der Waals surface area (Å²) < 4.78 is 45.0. The van der Waals surface area contributed by atoms with Gasteiger partial charge >= 0.3 is 0 Å². The fourth-order valence-corrected chi connectivity index (χ4v) is 5.90. The Morgan fingerprint density at radius 1 is 1.00 bits per heavy atom. The monoisotopic (exact) mass is 595 g/mol. The molecule has 1 aliphatic heterocycles. The molecule has 0 radical (unpaired) electrons. The first-order valence-electron chi connectivity index (χ1n) is 14.2. The van der Waals surface area contributed by atoms with Crippen LogP contribution in [-0.4, -0.2) is 75.6 Å². The van der Waals surface area contributed by atoms with Crippen LogP contribution in [0.25, 0.3) is 11.1 Å². The highest BCUT2D eigenvalue weighted by molar-refractivity contribution is 7.90. The van der Waals surface area contributed by atoms with Crippen LogP contribution in [0.15, 0.2) is 59.5 Å². The molecular formula is C32H38FN3O5S. The topological polar surface area (TPSA) is 96.0 Å². The maximum atomic E-state index is 15.1. The average Bonchev–Trinajstić information content (AvgIpc) is 3.20. The van der Waals surface area contributed by atoms with Crippen LogP contribution < -0.4 is 10.1 Å². The lowest BCUT2D eigenvalue weighted by molar-refractivity contribution is 0.0731. The van der Waals surface area contributed by atoms with E-state index >= 15 is 4.39 Å². The first-order chi connectivity index (χ1) is 20.1. The first-order valence-corrected chi connectivity index (χ1v) is 16.1. The average molecular weight is 596 g/mol. The molecule has 2 amide bonds.